The number of nitrogens with one attached hydrogen (secondary N) is 1. The van der Waals surface area contributed by atoms with Crippen LogP contribution in [-0.4, -0.2) is 35.1 Å². The monoisotopic (exact) mass is 267 g/mol. The number of nitrogens with zero attached hydrogens (tertiary/aromatic N) is 2. The molecule has 2 unspecified atom stereocenters. The third kappa shape index (κ3) is 3.31. The van der Waals surface area contributed by atoms with Crippen molar-refractivity contribution in [1.29, 1.82) is 0 Å². The topological polar surface area (TPSA) is 28.2 Å². The Hall–Kier alpha value is -0.450. The summed E-state index contributed by atoms with van der Waals surface area (Å²) in [6, 6.07) is 1.32. The van der Waals surface area contributed by atoms with Crippen LogP contribution in [0.15, 0.2) is 6.20 Å². The lowest BCUT2D eigenvalue weighted by Crippen LogP contribution is -2.55. The van der Waals surface area contributed by atoms with Gasteiger partial charge in [0.2, 0.25) is 0 Å². The number of hydrogen-bond acceptors (Lipinski definition) is 4. The maximum atomic E-state index is 4.56. The Morgan fingerprint density at radius 1 is 1.39 bits per heavy atom. The van der Waals surface area contributed by atoms with Crippen LogP contribution in [0.2, 0.25) is 0 Å². The predicted molar refractivity (Wildman–Crippen MR) is 78.1 cm³/mol. The lowest BCUT2D eigenvalue weighted by Gasteiger charge is -2.39. The molecule has 1 aromatic heterocycles. The number of hydrogen-bond donors (Lipinski definition) is 1. The Bertz CT molecular complexity index is 364. The first-order valence-corrected chi connectivity index (χ1v) is 7.99. The molecule has 0 amide bonds. The SMILES string of the molecule is CCc1cnc(CN2CC(CC)NCC2CC)s1. The minimum Gasteiger partial charge on any atom is -0.311 e. The third-order valence-electron chi connectivity index (χ3n) is 3.87. The molecule has 102 valence electrons. The second-order valence-electron chi connectivity index (χ2n) is 5.08. The van der Waals surface area contributed by atoms with Gasteiger partial charge in [-0.25, -0.2) is 4.98 Å². The van der Waals surface area contributed by atoms with Crippen molar-refractivity contribution in [3.8, 4) is 0 Å². The van der Waals surface area contributed by atoms with Gasteiger partial charge in [0.15, 0.2) is 0 Å². The molecule has 1 fully saturated rings. The summed E-state index contributed by atoms with van der Waals surface area (Å²) in [4.78, 5) is 8.57. The molecule has 18 heavy (non-hydrogen) atoms. The molecule has 1 aliphatic heterocycles. The van der Waals surface area contributed by atoms with Gasteiger partial charge in [-0.05, 0) is 19.3 Å². The van der Waals surface area contributed by atoms with E-state index in [9.17, 15) is 0 Å². The van der Waals surface area contributed by atoms with Crippen molar-refractivity contribution in [1.82, 2.24) is 15.2 Å². The zero-order valence-corrected chi connectivity index (χ0v) is 12.6. The van der Waals surface area contributed by atoms with Crippen LogP contribution in [0.1, 0.15) is 43.5 Å². The molecule has 0 aromatic carbocycles. The van der Waals surface area contributed by atoms with Crippen LogP contribution >= 0.6 is 11.3 Å². The molecule has 1 saturated heterocycles. The van der Waals surface area contributed by atoms with Crippen LogP contribution in [0.25, 0.3) is 0 Å². The summed E-state index contributed by atoms with van der Waals surface area (Å²) in [5, 5.41) is 4.92. The summed E-state index contributed by atoms with van der Waals surface area (Å²) in [5.41, 5.74) is 0. The molecule has 0 aliphatic carbocycles. The van der Waals surface area contributed by atoms with Gasteiger partial charge < -0.3 is 5.32 Å². The van der Waals surface area contributed by atoms with Crippen molar-refractivity contribution in [2.45, 2.75) is 58.7 Å². The first-order valence-electron chi connectivity index (χ1n) is 7.17. The quantitative estimate of drug-likeness (QED) is 0.889. The lowest BCUT2D eigenvalue weighted by molar-refractivity contribution is 0.117. The van der Waals surface area contributed by atoms with Gasteiger partial charge in [0.05, 0.1) is 6.54 Å². The maximum Gasteiger partial charge on any atom is 0.107 e. The molecule has 2 heterocycles. The smallest absolute Gasteiger partial charge is 0.107 e. The average Bonchev–Trinajstić information content (AvgIpc) is 2.86. The predicted octanol–water partition coefficient (Wildman–Crippen LogP) is 2.67. The van der Waals surface area contributed by atoms with Gasteiger partial charge in [-0.2, -0.15) is 0 Å². The van der Waals surface area contributed by atoms with Crippen molar-refractivity contribution in [3.63, 3.8) is 0 Å². The summed E-state index contributed by atoms with van der Waals surface area (Å²) >= 11 is 1.87. The van der Waals surface area contributed by atoms with Crippen LogP contribution in [0.5, 0.6) is 0 Å². The second-order valence-corrected chi connectivity index (χ2v) is 6.28. The molecule has 1 N–H and O–H groups in total. The standard InChI is InChI=1S/C14H25N3S/c1-4-11-9-17(12(5-2)7-15-11)10-14-16-8-13(6-3)18-14/h8,11-12,15H,4-7,9-10H2,1-3H3. The fraction of sp³-hybridized carbons (Fsp3) is 0.786. The van der Waals surface area contributed by atoms with E-state index in [4.69, 9.17) is 0 Å². The first-order chi connectivity index (χ1) is 8.76. The second kappa shape index (κ2) is 6.64. The van der Waals surface area contributed by atoms with Crippen LogP contribution < -0.4 is 5.32 Å². The van der Waals surface area contributed by atoms with E-state index < -0.39 is 0 Å². The Labute approximate surface area is 115 Å². The van der Waals surface area contributed by atoms with E-state index in [1.54, 1.807) is 0 Å². The van der Waals surface area contributed by atoms with Gasteiger partial charge >= 0.3 is 0 Å². The molecular weight excluding hydrogens is 242 g/mol. The van der Waals surface area contributed by atoms with Gasteiger partial charge in [-0.3, -0.25) is 4.90 Å². The van der Waals surface area contributed by atoms with Crippen LogP contribution in [0.4, 0.5) is 0 Å². The van der Waals surface area contributed by atoms with E-state index in [-0.39, 0.29) is 0 Å². The Balaban J connectivity index is 1.99. The summed E-state index contributed by atoms with van der Waals surface area (Å²) in [6.07, 6.45) is 5.58. The molecule has 1 aliphatic rings. The highest BCUT2D eigenvalue weighted by Gasteiger charge is 2.26. The van der Waals surface area contributed by atoms with Crippen LogP contribution in [-0.2, 0) is 13.0 Å². The summed E-state index contributed by atoms with van der Waals surface area (Å²) < 4.78 is 0. The molecule has 1 aromatic rings. The van der Waals surface area contributed by atoms with Crippen molar-refractivity contribution in [3.05, 3.63) is 16.1 Å². The molecule has 0 radical (unpaired) electrons. The normalized spacial score (nSPS) is 25.5. The molecule has 2 rings (SSSR count). The number of thiazole rings is 1. The molecular formula is C14H25N3S. The zero-order chi connectivity index (χ0) is 13.0. The van der Waals surface area contributed by atoms with Gasteiger partial charge in [-0.15, -0.1) is 11.3 Å². The van der Waals surface area contributed by atoms with Crippen molar-refractivity contribution >= 4 is 11.3 Å². The Morgan fingerprint density at radius 3 is 2.83 bits per heavy atom. The summed E-state index contributed by atoms with van der Waals surface area (Å²) in [5.74, 6) is 0. The molecule has 0 bridgehead atoms. The highest BCUT2D eigenvalue weighted by Crippen LogP contribution is 2.19. The van der Waals surface area contributed by atoms with Crippen molar-refractivity contribution in [2.75, 3.05) is 13.1 Å². The van der Waals surface area contributed by atoms with Crippen molar-refractivity contribution < 1.29 is 0 Å². The van der Waals surface area contributed by atoms with E-state index in [0.717, 1.165) is 26.1 Å². The highest BCUT2D eigenvalue weighted by molar-refractivity contribution is 7.11. The Kier molecular flexibility index (Phi) is 5.15. The largest absolute Gasteiger partial charge is 0.311 e. The summed E-state index contributed by atoms with van der Waals surface area (Å²) in [6.45, 7) is 10.1. The summed E-state index contributed by atoms with van der Waals surface area (Å²) in [7, 11) is 0. The fourth-order valence-corrected chi connectivity index (χ4v) is 3.44. The number of aromatic nitrogens is 1. The highest BCUT2D eigenvalue weighted by atomic mass is 32.1. The van der Waals surface area contributed by atoms with Gasteiger partial charge in [0, 0.05) is 36.2 Å². The van der Waals surface area contributed by atoms with Crippen LogP contribution in [0, 0.1) is 0 Å². The molecule has 4 heteroatoms. The van der Waals surface area contributed by atoms with E-state index in [1.165, 1.54) is 22.7 Å². The molecule has 0 saturated carbocycles. The molecule has 0 spiro atoms. The number of piperazine rings is 1. The zero-order valence-electron chi connectivity index (χ0n) is 11.8. The minimum absolute atomic E-state index is 0.651. The minimum atomic E-state index is 0.651. The van der Waals surface area contributed by atoms with Gasteiger partial charge in [-0.1, -0.05) is 20.8 Å². The van der Waals surface area contributed by atoms with Gasteiger partial charge in [0.25, 0.3) is 0 Å². The van der Waals surface area contributed by atoms with E-state index in [0.29, 0.717) is 12.1 Å². The van der Waals surface area contributed by atoms with Crippen molar-refractivity contribution in [2.24, 2.45) is 0 Å². The molecule has 2 atom stereocenters. The van der Waals surface area contributed by atoms with E-state index >= 15 is 0 Å². The van der Waals surface area contributed by atoms with E-state index in [1.807, 2.05) is 17.5 Å². The van der Waals surface area contributed by atoms with E-state index in [2.05, 4.69) is 36.0 Å². The first kappa shape index (κ1) is 14.0. The van der Waals surface area contributed by atoms with Crippen LogP contribution in [0.3, 0.4) is 0 Å². The molecule has 3 nitrogen and oxygen atoms in total. The average molecular weight is 267 g/mol. The lowest BCUT2D eigenvalue weighted by atomic mass is 10.1. The number of aryl methyl sites for hydroxylation is 1. The third-order valence-corrected chi connectivity index (χ3v) is 4.99. The fourth-order valence-electron chi connectivity index (χ4n) is 2.56. The maximum absolute atomic E-state index is 4.56. The van der Waals surface area contributed by atoms with Gasteiger partial charge in [0.1, 0.15) is 5.01 Å². The number of rotatable bonds is 5. The Morgan fingerprint density at radius 2 is 2.22 bits per heavy atom.